The van der Waals surface area contributed by atoms with Gasteiger partial charge in [-0.15, -0.1) is 23.1 Å². The Morgan fingerprint density at radius 1 is 1.15 bits per heavy atom. The summed E-state index contributed by atoms with van der Waals surface area (Å²) in [6, 6.07) is 19.7. The minimum atomic E-state index is -0.262. The van der Waals surface area contributed by atoms with Gasteiger partial charge in [-0.05, 0) is 54.5 Å². The van der Waals surface area contributed by atoms with Gasteiger partial charge >= 0.3 is 0 Å². The molecule has 6 rings (SSSR count). The zero-order valence-corrected chi connectivity index (χ0v) is 24.4. The number of benzene rings is 2. The first-order valence-corrected chi connectivity index (χ1v) is 15.6. The van der Waals surface area contributed by atoms with Crippen molar-refractivity contribution in [2.45, 2.75) is 31.1 Å². The Morgan fingerprint density at radius 2 is 1.98 bits per heavy atom. The Labute approximate surface area is 246 Å². The van der Waals surface area contributed by atoms with Crippen LogP contribution in [0.25, 0.3) is 16.3 Å². The van der Waals surface area contributed by atoms with Crippen molar-refractivity contribution >= 4 is 52.3 Å². The van der Waals surface area contributed by atoms with Crippen molar-refractivity contribution < 1.29 is 14.3 Å². The summed E-state index contributed by atoms with van der Waals surface area (Å²) in [5.41, 5.74) is 4.43. The zero-order chi connectivity index (χ0) is 27.6. The highest BCUT2D eigenvalue weighted by atomic mass is 35.5. The third kappa shape index (κ3) is 5.31. The van der Waals surface area contributed by atoms with Crippen LogP contribution in [0, 0.1) is 6.92 Å². The van der Waals surface area contributed by atoms with Crippen molar-refractivity contribution in [3.63, 3.8) is 0 Å². The van der Waals surface area contributed by atoms with Crippen molar-refractivity contribution in [1.82, 2.24) is 15.1 Å². The van der Waals surface area contributed by atoms with E-state index in [4.69, 9.17) is 21.4 Å². The minimum Gasteiger partial charge on any atom is -0.376 e. The van der Waals surface area contributed by atoms with Crippen molar-refractivity contribution in [3.05, 3.63) is 87.8 Å². The van der Waals surface area contributed by atoms with Crippen LogP contribution in [0.3, 0.4) is 0 Å². The van der Waals surface area contributed by atoms with Crippen molar-refractivity contribution in [3.8, 4) is 16.3 Å². The first-order valence-electron chi connectivity index (χ1n) is 13.3. The van der Waals surface area contributed by atoms with Gasteiger partial charge < -0.3 is 10.1 Å². The zero-order valence-electron chi connectivity index (χ0n) is 22.0. The molecular formula is C30H29ClN4O3S2. The van der Waals surface area contributed by atoms with Crippen LogP contribution < -0.4 is 10.2 Å². The standard InChI is InChI=1S/C30H29ClN4O3S2/c1-19-8-2-5-12-23(19)35-30-27(28(33-35)24-13-7-15-39-24)29(21-10-3-4-11-22(21)31)40-18-26(37)34(30)17-25(36)32-16-20-9-6-14-38-20/h2-5,7-8,10-13,15,20,29H,6,9,14,16-18H2,1H3,(H,32,36). The molecule has 4 heterocycles. The Kier molecular flexibility index (Phi) is 7.98. The fourth-order valence-electron chi connectivity index (χ4n) is 5.25. The first-order chi connectivity index (χ1) is 19.5. The van der Waals surface area contributed by atoms with Crippen LogP contribution in [0.1, 0.15) is 34.8 Å². The van der Waals surface area contributed by atoms with Gasteiger partial charge in [0.15, 0.2) is 0 Å². The Hall–Kier alpha value is -3.11. The number of amides is 2. The predicted octanol–water partition coefficient (Wildman–Crippen LogP) is 6.03. The summed E-state index contributed by atoms with van der Waals surface area (Å²) in [5.74, 6) is 0.415. The number of aromatic nitrogens is 2. The monoisotopic (exact) mass is 592 g/mol. The SMILES string of the molecule is Cc1ccccc1-n1nc(-c2cccs2)c2c1N(CC(=O)NCC1CCCO1)C(=O)CSC2c1ccccc1Cl. The third-order valence-electron chi connectivity index (χ3n) is 7.23. The number of thioether (sulfide) groups is 1. The number of thiophene rings is 1. The minimum absolute atomic E-state index is 0.0161. The highest BCUT2D eigenvalue weighted by Gasteiger charge is 2.38. The van der Waals surface area contributed by atoms with E-state index >= 15 is 0 Å². The molecule has 4 aromatic rings. The summed E-state index contributed by atoms with van der Waals surface area (Å²) in [6.07, 6.45) is 1.94. The number of hydrogen-bond acceptors (Lipinski definition) is 6. The van der Waals surface area contributed by atoms with Crippen molar-refractivity contribution in [2.24, 2.45) is 0 Å². The Bertz CT molecular complexity index is 1530. The number of rotatable bonds is 7. The van der Waals surface area contributed by atoms with Crippen molar-refractivity contribution in [2.75, 3.05) is 30.3 Å². The number of hydrogen-bond donors (Lipinski definition) is 1. The smallest absolute Gasteiger partial charge is 0.240 e. The molecule has 2 aromatic heterocycles. The van der Waals surface area contributed by atoms with E-state index in [0.29, 0.717) is 17.4 Å². The number of nitrogens with zero attached hydrogens (tertiary/aromatic N) is 3. The molecule has 1 N–H and O–H groups in total. The molecule has 1 saturated heterocycles. The molecule has 7 nitrogen and oxygen atoms in total. The largest absolute Gasteiger partial charge is 0.376 e. The molecule has 2 unspecified atom stereocenters. The summed E-state index contributed by atoms with van der Waals surface area (Å²) < 4.78 is 7.51. The number of ether oxygens (including phenoxy) is 1. The average Bonchev–Trinajstić information content (AvgIpc) is 3.72. The normalized spacial score (nSPS) is 18.9. The summed E-state index contributed by atoms with van der Waals surface area (Å²) >= 11 is 9.86. The molecule has 0 saturated carbocycles. The topological polar surface area (TPSA) is 76.5 Å². The van der Waals surface area contributed by atoms with Gasteiger partial charge in [0.05, 0.1) is 27.7 Å². The molecule has 2 aliphatic heterocycles. The van der Waals surface area contributed by atoms with Gasteiger partial charge in [-0.1, -0.05) is 54.1 Å². The molecule has 2 atom stereocenters. The van der Waals surface area contributed by atoms with Crippen LogP contribution in [0.2, 0.25) is 5.02 Å². The van der Waals surface area contributed by atoms with E-state index in [1.54, 1.807) is 16.2 Å². The van der Waals surface area contributed by atoms with Gasteiger partial charge in [0.25, 0.3) is 0 Å². The number of carbonyl (C=O) groups excluding carboxylic acids is 2. The van der Waals surface area contributed by atoms with Crippen molar-refractivity contribution in [1.29, 1.82) is 0 Å². The Balaban J connectivity index is 1.52. The summed E-state index contributed by atoms with van der Waals surface area (Å²) in [4.78, 5) is 29.7. The fraction of sp³-hybridized carbons (Fsp3) is 0.300. The van der Waals surface area contributed by atoms with Gasteiger partial charge in [0.2, 0.25) is 11.8 Å². The molecule has 0 spiro atoms. The number of fused-ring (bicyclic) bond motifs is 1. The van der Waals surface area contributed by atoms with Gasteiger partial charge in [0.1, 0.15) is 18.1 Å². The number of aryl methyl sites for hydroxylation is 1. The summed E-state index contributed by atoms with van der Waals surface area (Å²) in [7, 11) is 0. The molecule has 2 aliphatic rings. The summed E-state index contributed by atoms with van der Waals surface area (Å²) in [6.45, 7) is 3.06. The van der Waals surface area contributed by atoms with E-state index in [9.17, 15) is 9.59 Å². The molecule has 10 heteroatoms. The van der Waals surface area contributed by atoms with Crippen LogP contribution in [0.15, 0.2) is 66.0 Å². The second-order valence-corrected chi connectivity index (χ2v) is 12.3. The van der Waals surface area contributed by atoms with Gasteiger partial charge in [-0.3, -0.25) is 14.5 Å². The number of para-hydroxylation sites is 1. The maximum atomic E-state index is 13.8. The number of nitrogens with one attached hydrogen (secondary N) is 1. The van der Waals surface area contributed by atoms with E-state index < -0.39 is 0 Å². The van der Waals surface area contributed by atoms with E-state index in [1.807, 2.05) is 77.6 Å². The van der Waals surface area contributed by atoms with Crippen LogP contribution in [0.5, 0.6) is 0 Å². The molecule has 0 radical (unpaired) electrons. The second kappa shape index (κ2) is 11.8. The van der Waals surface area contributed by atoms with Gasteiger partial charge in [0, 0.05) is 23.7 Å². The number of anilines is 1. The lowest BCUT2D eigenvalue weighted by atomic mass is 10.0. The molecule has 2 amide bonds. The predicted molar refractivity (Wildman–Crippen MR) is 162 cm³/mol. The second-order valence-electron chi connectivity index (χ2n) is 9.89. The molecule has 40 heavy (non-hydrogen) atoms. The van der Waals surface area contributed by atoms with Gasteiger partial charge in [-0.25, -0.2) is 4.68 Å². The average molecular weight is 593 g/mol. The lowest BCUT2D eigenvalue weighted by Gasteiger charge is -2.24. The number of halogens is 1. The molecule has 2 aromatic carbocycles. The van der Waals surface area contributed by atoms with Crippen LogP contribution in [-0.2, 0) is 14.3 Å². The molecular weight excluding hydrogens is 564 g/mol. The molecule has 206 valence electrons. The van der Waals surface area contributed by atoms with E-state index in [0.717, 1.165) is 52.4 Å². The lowest BCUT2D eigenvalue weighted by Crippen LogP contribution is -2.44. The fourth-order valence-corrected chi connectivity index (χ4v) is 7.52. The Morgan fingerprint density at radius 3 is 2.73 bits per heavy atom. The molecule has 0 aliphatic carbocycles. The highest BCUT2D eigenvalue weighted by Crippen LogP contribution is 2.50. The van der Waals surface area contributed by atoms with Crippen LogP contribution in [0.4, 0.5) is 5.82 Å². The highest BCUT2D eigenvalue weighted by molar-refractivity contribution is 8.00. The van der Waals surface area contributed by atoms with Gasteiger partial charge in [-0.2, -0.15) is 5.10 Å². The van der Waals surface area contributed by atoms with E-state index in [-0.39, 0.29) is 35.5 Å². The van der Waals surface area contributed by atoms with Crippen LogP contribution in [-0.4, -0.2) is 53.1 Å². The quantitative estimate of drug-likeness (QED) is 0.284. The van der Waals surface area contributed by atoms with E-state index in [2.05, 4.69) is 5.32 Å². The third-order valence-corrected chi connectivity index (χ3v) is 9.68. The summed E-state index contributed by atoms with van der Waals surface area (Å²) in [5, 5.41) is 10.5. The lowest BCUT2D eigenvalue weighted by molar-refractivity contribution is -0.123. The number of carbonyl (C=O) groups is 2. The molecule has 0 bridgehead atoms. The maximum Gasteiger partial charge on any atom is 0.240 e. The maximum absolute atomic E-state index is 13.8. The molecule has 1 fully saturated rings. The van der Waals surface area contributed by atoms with E-state index in [1.165, 1.54) is 11.8 Å². The van der Waals surface area contributed by atoms with Crippen LogP contribution >= 0.6 is 34.7 Å². The first kappa shape index (κ1) is 27.1.